The first-order chi connectivity index (χ1) is 11.7. The molecule has 0 radical (unpaired) electrons. The second-order valence-electron chi connectivity index (χ2n) is 7.44. The fourth-order valence-electron chi connectivity index (χ4n) is 4.99. The summed E-state index contributed by atoms with van der Waals surface area (Å²) in [5.41, 5.74) is 1.17. The highest BCUT2D eigenvalue weighted by Crippen LogP contribution is 2.57. The molecule has 2 aliphatic carbocycles. The molecule has 130 valence electrons. The highest BCUT2D eigenvalue weighted by molar-refractivity contribution is 5.83. The van der Waals surface area contributed by atoms with E-state index in [1.165, 1.54) is 31.2 Å². The summed E-state index contributed by atoms with van der Waals surface area (Å²) in [6, 6.07) is 6.26. The molecule has 1 aromatic carbocycles. The molecule has 1 aliphatic heterocycles. The average molecular weight is 329 g/mol. The molecule has 24 heavy (non-hydrogen) atoms. The maximum atomic E-state index is 13.1. The van der Waals surface area contributed by atoms with E-state index in [-0.39, 0.29) is 6.04 Å². The van der Waals surface area contributed by atoms with E-state index in [0.717, 1.165) is 30.9 Å². The normalized spacial score (nSPS) is 31.5. The number of rotatable bonds is 4. The molecule has 0 N–H and O–H groups in total. The molecule has 3 atom stereocenters. The van der Waals surface area contributed by atoms with Crippen molar-refractivity contribution in [3.63, 3.8) is 0 Å². The summed E-state index contributed by atoms with van der Waals surface area (Å²) in [6.45, 7) is 0.897. The molecule has 1 heterocycles. The fraction of sp³-hybridized carbons (Fsp3) is 0.650. The van der Waals surface area contributed by atoms with Crippen LogP contribution in [0.3, 0.4) is 0 Å². The van der Waals surface area contributed by atoms with Gasteiger partial charge in [-0.25, -0.2) is 0 Å². The summed E-state index contributed by atoms with van der Waals surface area (Å²) in [5.74, 6) is 3.56. The van der Waals surface area contributed by atoms with Gasteiger partial charge in [0.1, 0.15) is 0 Å². The number of methoxy groups -OCH3 is 2. The van der Waals surface area contributed by atoms with Crippen LogP contribution < -0.4 is 9.47 Å². The summed E-state index contributed by atoms with van der Waals surface area (Å²) in [7, 11) is 3.31. The monoisotopic (exact) mass is 329 g/mol. The second-order valence-corrected chi connectivity index (χ2v) is 7.44. The molecule has 2 saturated carbocycles. The van der Waals surface area contributed by atoms with Gasteiger partial charge >= 0.3 is 0 Å². The fourth-order valence-corrected chi connectivity index (χ4v) is 4.99. The zero-order chi connectivity index (χ0) is 16.7. The molecule has 3 unspecified atom stereocenters. The van der Waals surface area contributed by atoms with Crippen LogP contribution in [-0.4, -0.2) is 31.6 Å². The lowest BCUT2D eigenvalue weighted by Crippen LogP contribution is -2.32. The molecule has 4 nitrogen and oxygen atoms in total. The van der Waals surface area contributed by atoms with Crippen molar-refractivity contribution in [3.8, 4) is 11.5 Å². The lowest BCUT2D eigenvalue weighted by Gasteiger charge is -2.26. The topological polar surface area (TPSA) is 38.8 Å². The third kappa shape index (κ3) is 2.56. The van der Waals surface area contributed by atoms with Crippen LogP contribution in [0.5, 0.6) is 11.5 Å². The maximum Gasteiger partial charge on any atom is 0.226 e. The van der Waals surface area contributed by atoms with E-state index in [9.17, 15) is 4.79 Å². The number of hydrogen-bond acceptors (Lipinski definition) is 3. The number of nitrogens with zero attached hydrogens (tertiary/aromatic N) is 1. The molecule has 1 saturated heterocycles. The van der Waals surface area contributed by atoms with Crippen LogP contribution in [0, 0.1) is 17.8 Å². The third-order valence-corrected chi connectivity index (χ3v) is 6.27. The Morgan fingerprint density at radius 2 is 1.71 bits per heavy atom. The first-order valence-corrected chi connectivity index (χ1v) is 9.27. The number of carbonyl (C=O) groups is 1. The number of benzene rings is 1. The van der Waals surface area contributed by atoms with E-state index in [1.54, 1.807) is 14.2 Å². The Morgan fingerprint density at radius 1 is 1.00 bits per heavy atom. The van der Waals surface area contributed by atoms with Gasteiger partial charge in [-0.3, -0.25) is 4.79 Å². The van der Waals surface area contributed by atoms with E-state index in [2.05, 4.69) is 11.0 Å². The van der Waals surface area contributed by atoms with Crippen LogP contribution in [0.15, 0.2) is 18.2 Å². The first kappa shape index (κ1) is 15.8. The number of carbonyl (C=O) groups excluding carboxylic acids is 1. The third-order valence-electron chi connectivity index (χ3n) is 6.27. The summed E-state index contributed by atoms with van der Waals surface area (Å²) in [4.78, 5) is 15.2. The maximum absolute atomic E-state index is 13.1. The van der Waals surface area contributed by atoms with Crippen molar-refractivity contribution in [2.75, 3.05) is 20.8 Å². The SMILES string of the molecule is COc1ccc(C2CCCN2C(=O)C2C3CCCCC32)cc1OC. The van der Waals surface area contributed by atoms with Crippen molar-refractivity contribution < 1.29 is 14.3 Å². The molecule has 0 spiro atoms. The van der Waals surface area contributed by atoms with E-state index < -0.39 is 0 Å². The van der Waals surface area contributed by atoms with Crippen molar-refractivity contribution in [1.29, 1.82) is 0 Å². The highest BCUT2D eigenvalue weighted by atomic mass is 16.5. The zero-order valence-corrected chi connectivity index (χ0v) is 14.7. The van der Waals surface area contributed by atoms with E-state index in [1.807, 2.05) is 12.1 Å². The molecular formula is C20H27NO3. The molecule has 1 aromatic rings. The predicted octanol–water partition coefficient (Wildman–Crippen LogP) is 3.80. The summed E-state index contributed by atoms with van der Waals surface area (Å²) in [5, 5.41) is 0. The lowest BCUT2D eigenvalue weighted by atomic mass is 10.0. The molecule has 3 aliphatic rings. The Hall–Kier alpha value is -1.71. The molecule has 4 heteroatoms. The Bertz CT molecular complexity index is 617. The van der Waals surface area contributed by atoms with Gasteiger partial charge in [0.15, 0.2) is 11.5 Å². The van der Waals surface area contributed by atoms with Gasteiger partial charge in [-0.15, -0.1) is 0 Å². The Kier molecular flexibility index (Phi) is 4.15. The van der Waals surface area contributed by atoms with Crippen molar-refractivity contribution in [3.05, 3.63) is 23.8 Å². The van der Waals surface area contributed by atoms with Crippen molar-refractivity contribution in [1.82, 2.24) is 4.90 Å². The highest BCUT2D eigenvalue weighted by Gasteiger charge is 2.56. The van der Waals surface area contributed by atoms with Gasteiger partial charge in [0, 0.05) is 12.5 Å². The van der Waals surface area contributed by atoms with Crippen LogP contribution in [0.25, 0.3) is 0 Å². The van der Waals surface area contributed by atoms with Crippen LogP contribution in [0.4, 0.5) is 0 Å². The van der Waals surface area contributed by atoms with Gasteiger partial charge in [0.2, 0.25) is 5.91 Å². The van der Waals surface area contributed by atoms with E-state index in [4.69, 9.17) is 9.47 Å². The largest absolute Gasteiger partial charge is 0.493 e. The lowest BCUT2D eigenvalue weighted by molar-refractivity contribution is -0.134. The van der Waals surface area contributed by atoms with Crippen LogP contribution in [0.1, 0.15) is 50.1 Å². The van der Waals surface area contributed by atoms with Crippen molar-refractivity contribution in [2.24, 2.45) is 17.8 Å². The van der Waals surface area contributed by atoms with Gasteiger partial charge < -0.3 is 14.4 Å². The molecule has 1 amide bonds. The summed E-state index contributed by atoms with van der Waals surface area (Å²) in [6.07, 6.45) is 7.27. The van der Waals surface area contributed by atoms with Crippen LogP contribution >= 0.6 is 0 Å². The smallest absolute Gasteiger partial charge is 0.226 e. The Labute approximate surface area is 144 Å². The molecule has 0 aromatic heterocycles. The van der Waals surface area contributed by atoms with Gasteiger partial charge in [-0.1, -0.05) is 18.9 Å². The summed E-state index contributed by atoms with van der Waals surface area (Å²) < 4.78 is 10.8. The second kappa shape index (κ2) is 6.30. The van der Waals surface area contributed by atoms with Crippen LogP contribution in [-0.2, 0) is 4.79 Å². The quantitative estimate of drug-likeness (QED) is 0.843. The molecular weight excluding hydrogens is 302 g/mol. The minimum Gasteiger partial charge on any atom is -0.493 e. The molecule has 0 bridgehead atoms. The Balaban J connectivity index is 1.54. The molecule has 4 rings (SSSR count). The van der Waals surface area contributed by atoms with Gasteiger partial charge in [0.25, 0.3) is 0 Å². The summed E-state index contributed by atoms with van der Waals surface area (Å²) >= 11 is 0. The standard InChI is InChI=1S/C20H27NO3/c1-23-17-10-9-13(12-18(17)24-2)16-8-5-11-21(16)20(22)19-14-6-3-4-7-15(14)19/h9-10,12,14-16,19H,3-8,11H2,1-2H3. The van der Waals surface area contributed by atoms with E-state index in [0.29, 0.717) is 23.7 Å². The Morgan fingerprint density at radius 3 is 2.38 bits per heavy atom. The van der Waals surface area contributed by atoms with E-state index >= 15 is 0 Å². The predicted molar refractivity (Wildman–Crippen MR) is 92.2 cm³/mol. The average Bonchev–Trinajstić information content (AvgIpc) is 3.15. The van der Waals surface area contributed by atoms with Gasteiger partial charge in [0.05, 0.1) is 20.3 Å². The first-order valence-electron chi connectivity index (χ1n) is 9.27. The van der Waals surface area contributed by atoms with Gasteiger partial charge in [-0.05, 0) is 55.2 Å². The number of amides is 1. The number of likely N-dealkylation sites (tertiary alicyclic amines) is 1. The minimum absolute atomic E-state index is 0.194. The van der Waals surface area contributed by atoms with Crippen molar-refractivity contribution >= 4 is 5.91 Å². The number of ether oxygens (including phenoxy) is 2. The molecule has 3 fully saturated rings. The number of hydrogen-bond donors (Lipinski definition) is 0. The van der Waals surface area contributed by atoms with Crippen molar-refractivity contribution in [2.45, 2.75) is 44.6 Å². The van der Waals surface area contributed by atoms with Gasteiger partial charge in [-0.2, -0.15) is 0 Å². The zero-order valence-electron chi connectivity index (χ0n) is 14.7. The van der Waals surface area contributed by atoms with Crippen LogP contribution in [0.2, 0.25) is 0 Å². The number of fused-ring (bicyclic) bond motifs is 1. The minimum atomic E-state index is 0.194.